The van der Waals surface area contributed by atoms with Crippen LogP contribution in [0.15, 0.2) is 35.9 Å². The maximum absolute atomic E-state index is 11.9. The van der Waals surface area contributed by atoms with E-state index < -0.39 is 0 Å². The van der Waals surface area contributed by atoms with Crippen LogP contribution in [0, 0.1) is 0 Å². The molecule has 0 amide bonds. The minimum absolute atomic E-state index is 0.199. The van der Waals surface area contributed by atoms with Gasteiger partial charge in [-0.15, -0.1) is 0 Å². The summed E-state index contributed by atoms with van der Waals surface area (Å²) >= 11 is 5.79. The number of hydrogen-bond donors (Lipinski definition) is 0. The van der Waals surface area contributed by atoms with E-state index in [2.05, 4.69) is 6.08 Å². The molecule has 0 saturated heterocycles. The molecule has 0 aliphatic heterocycles. The van der Waals surface area contributed by atoms with Gasteiger partial charge in [0.15, 0.2) is 5.78 Å². The summed E-state index contributed by atoms with van der Waals surface area (Å²) in [6.07, 6.45) is 7.49. The van der Waals surface area contributed by atoms with Gasteiger partial charge in [-0.2, -0.15) is 0 Å². The highest BCUT2D eigenvalue weighted by Crippen LogP contribution is 2.22. The number of allylic oxidation sites excluding steroid dienone is 2. The standard InChI is InChI=1S/C14H15ClO/c15-13-8-6-12(7-9-13)14(16)10-11-4-2-1-3-5-11/h4,6-9H,1-3,5,10H2. The van der Waals surface area contributed by atoms with Crippen molar-refractivity contribution in [2.24, 2.45) is 0 Å². The lowest BCUT2D eigenvalue weighted by Gasteiger charge is -2.11. The molecule has 0 N–H and O–H groups in total. The lowest BCUT2D eigenvalue weighted by molar-refractivity contribution is 0.0991. The molecule has 84 valence electrons. The van der Waals surface area contributed by atoms with Crippen molar-refractivity contribution in [3.05, 3.63) is 46.5 Å². The summed E-state index contributed by atoms with van der Waals surface area (Å²) in [6.45, 7) is 0. The minimum Gasteiger partial charge on any atom is -0.294 e. The van der Waals surface area contributed by atoms with Crippen molar-refractivity contribution in [2.75, 3.05) is 0 Å². The number of carbonyl (C=O) groups is 1. The Balaban J connectivity index is 2.02. The Bertz CT molecular complexity index is 403. The van der Waals surface area contributed by atoms with Gasteiger partial charge in [0, 0.05) is 17.0 Å². The van der Waals surface area contributed by atoms with E-state index in [-0.39, 0.29) is 5.78 Å². The van der Waals surface area contributed by atoms with E-state index in [9.17, 15) is 4.79 Å². The molecule has 0 fully saturated rings. The highest BCUT2D eigenvalue weighted by molar-refractivity contribution is 6.30. The fourth-order valence-corrected chi connectivity index (χ4v) is 2.14. The number of Topliss-reactive ketones (excluding diaryl/α,β-unsaturated/α-hetero) is 1. The van der Waals surface area contributed by atoms with Crippen LogP contribution < -0.4 is 0 Å². The zero-order chi connectivity index (χ0) is 11.4. The van der Waals surface area contributed by atoms with E-state index in [0.29, 0.717) is 11.4 Å². The Labute approximate surface area is 101 Å². The van der Waals surface area contributed by atoms with Crippen LogP contribution in [0.25, 0.3) is 0 Å². The van der Waals surface area contributed by atoms with E-state index >= 15 is 0 Å². The number of halogens is 1. The Kier molecular flexibility index (Phi) is 3.79. The molecule has 0 spiro atoms. The van der Waals surface area contributed by atoms with Gasteiger partial charge < -0.3 is 0 Å². The zero-order valence-electron chi connectivity index (χ0n) is 9.21. The molecule has 0 saturated carbocycles. The van der Waals surface area contributed by atoms with E-state index in [1.807, 2.05) is 0 Å². The molecule has 0 bridgehead atoms. The highest BCUT2D eigenvalue weighted by atomic mass is 35.5. The predicted molar refractivity (Wildman–Crippen MR) is 67.0 cm³/mol. The third kappa shape index (κ3) is 2.96. The van der Waals surface area contributed by atoms with Crippen LogP contribution in [-0.4, -0.2) is 5.78 Å². The molecular weight excluding hydrogens is 220 g/mol. The van der Waals surface area contributed by atoms with Crippen molar-refractivity contribution in [3.8, 4) is 0 Å². The van der Waals surface area contributed by atoms with Gasteiger partial charge in [0.25, 0.3) is 0 Å². The smallest absolute Gasteiger partial charge is 0.166 e. The van der Waals surface area contributed by atoms with Crippen LogP contribution in [0.5, 0.6) is 0 Å². The van der Waals surface area contributed by atoms with Gasteiger partial charge in [0.2, 0.25) is 0 Å². The van der Waals surface area contributed by atoms with Crippen molar-refractivity contribution in [1.29, 1.82) is 0 Å². The molecule has 0 unspecified atom stereocenters. The second kappa shape index (κ2) is 5.31. The number of benzene rings is 1. The van der Waals surface area contributed by atoms with Gasteiger partial charge >= 0.3 is 0 Å². The first-order chi connectivity index (χ1) is 7.75. The summed E-state index contributed by atoms with van der Waals surface area (Å²) in [7, 11) is 0. The van der Waals surface area contributed by atoms with E-state index in [1.54, 1.807) is 24.3 Å². The molecule has 0 aromatic heterocycles. The summed E-state index contributed by atoms with van der Waals surface area (Å²) < 4.78 is 0. The van der Waals surface area contributed by atoms with Crippen LogP contribution in [0.1, 0.15) is 42.5 Å². The van der Waals surface area contributed by atoms with Gasteiger partial charge in [-0.05, 0) is 49.9 Å². The van der Waals surface area contributed by atoms with Crippen LogP contribution in [-0.2, 0) is 0 Å². The summed E-state index contributed by atoms with van der Waals surface area (Å²) in [4.78, 5) is 11.9. The maximum Gasteiger partial charge on any atom is 0.166 e. The first-order valence-corrected chi connectivity index (χ1v) is 6.10. The second-order valence-electron chi connectivity index (χ2n) is 4.22. The highest BCUT2D eigenvalue weighted by Gasteiger charge is 2.10. The van der Waals surface area contributed by atoms with Crippen LogP contribution in [0.3, 0.4) is 0 Å². The number of carbonyl (C=O) groups excluding carboxylic acids is 1. The summed E-state index contributed by atoms with van der Waals surface area (Å²) in [6, 6.07) is 7.14. The van der Waals surface area contributed by atoms with E-state index in [1.165, 1.54) is 18.4 Å². The molecule has 0 atom stereocenters. The number of ketones is 1. The van der Waals surface area contributed by atoms with Crippen molar-refractivity contribution < 1.29 is 4.79 Å². The average Bonchev–Trinajstić information content (AvgIpc) is 2.31. The molecule has 1 nitrogen and oxygen atoms in total. The molecule has 1 aliphatic carbocycles. The Morgan fingerprint density at radius 2 is 1.94 bits per heavy atom. The van der Waals surface area contributed by atoms with E-state index in [0.717, 1.165) is 18.4 Å². The van der Waals surface area contributed by atoms with Gasteiger partial charge in [-0.25, -0.2) is 0 Å². The molecule has 1 aromatic rings. The van der Waals surface area contributed by atoms with Crippen LogP contribution in [0.2, 0.25) is 5.02 Å². The first kappa shape index (κ1) is 11.4. The van der Waals surface area contributed by atoms with Gasteiger partial charge in [0.05, 0.1) is 0 Å². The monoisotopic (exact) mass is 234 g/mol. The average molecular weight is 235 g/mol. The minimum atomic E-state index is 0.199. The van der Waals surface area contributed by atoms with Crippen molar-refractivity contribution in [3.63, 3.8) is 0 Å². The third-order valence-electron chi connectivity index (χ3n) is 2.94. The van der Waals surface area contributed by atoms with Crippen molar-refractivity contribution >= 4 is 17.4 Å². The lowest BCUT2D eigenvalue weighted by Crippen LogP contribution is -2.02. The van der Waals surface area contributed by atoms with Gasteiger partial charge in [-0.3, -0.25) is 4.79 Å². The SMILES string of the molecule is O=C(CC1=CCCCC1)c1ccc(Cl)cc1. The quantitative estimate of drug-likeness (QED) is 0.559. The van der Waals surface area contributed by atoms with Crippen molar-refractivity contribution in [1.82, 2.24) is 0 Å². The Hall–Kier alpha value is -1.08. The van der Waals surface area contributed by atoms with Crippen LogP contribution >= 0.6 is 11.6 Å². The summed E-state index contributed by atoms with van der Waals surface area (Å²) in [5.74, 6) is 0.199. The number of hydrogen-bond acceptors (Lipinski definition) is 1. The summed E-state index contributed by atoms with van der Waals surface area (Å²) in [5, 5.41) is 0.674. The number of rotatable bonds is 3. The molecule has 0 radical (unpaired) electrons. The fourth-order valence-electron chi connectivity index (χ4n) is 2.01. The predicted octanol–water partition coefficient (Wildman–Crippen LogP) is 4.41. The van der Waals surface area contributed by atoms with E-state index in [4.69, 9.17) is 11.6 Å². The molecule has 2 heteroatoms. The maximum atomic E-state index is 11.9. The topological polar surface area (TPSA) is 17.1 Å². The molecule has 2 rings (SSSR count). The molecular formula is C14H15ClO. The lowest BCUT2D eigenvalue weighted by atomic mass is 9.94. The third-order valence-corrected chi connectivity index (χ3v) is 3.19. The first-order valence-electron chi connectivity index (χ1n) is 5.72. The van der Waals surface area contributed by atoms with Gasteiger partial charge in [-0.1, -0.05) is 23.3 Å². The molecule has 1 aromatic carbocycles. The van der Waals surface area contributed by atoms with Crippen LogP contribution in [0.4, 0.5) is 0 Å². The Morgan fingerprint density at radius 3 is 2.56 bits per heavy atom. The van der Waals surface area contributed by atoms with Gasteiger partial charge in [0.1, 0.15) is 0 Å². The largest absolute Gasteiger partial charge is 0.294 e. The fraction of sp³-hybridized carbons (Fsp3) is 0.357. The second-order valence-corrected chi connectivity index (χ2v) is 4.65. The Morgan fingerprint density at radius 1 is 1.19 bits per heavy atom. The zero-order valence-corrected chi connectivity index (χ0v) is 9.96. The molecule has 1 aliphatic rings. The normalized spacial score (nSPS) is 15.7. The molecule has 16 heavy (non-hydrogen) atoms. The molecule has 0 heterocycles. The summed E-state index contributed by atoms with van der Waals surface area (Å²) in [5.41, 5.74) is 2.06. The van der Waals surface area contributed by atoms with Crippen molar-refractivity contribution in [2.45, 2.75) is 32.1 Å².